The second-order valence-corrected chi connectivity index (χ2v) is 4.49. The zero-order valence-electron chi connectivity index (χ0n) is 10.2. The maximum absolute atomic E-state index is 4.51. The van der Waals surface area contributed by atoms with Crippen LogP contribution in [-0.4, -0.2) is 27.8 Å². The van der Waals surface area contributed by atoms with Crippen molar-refractivity contribution in [1.29, 1.82) is 0 Å². The molecular weight excluding hydrogens is 186 g/mol. The molecule has 1 aliphatic rings. The monoisotopic (exact) mass is 207 g/mol. The predicted molar refractivity (Wildman–Crippen MR) is 61.9 cm³/mol. The van der Waals surface area contributed by atoms with Crippen LogP contribution in [0.1, 0.15) is 42.8 Å². The van der Waals surface area contributed by atoms with Crippen LogP contribution in [0.5, 0.6) is 0 Å². The van der Waals surface area contributed by atoms with E-state index in [9.17, 15) is 0 Å². The molecule has 1 aromatic rings. The molecule has 2 heterocycles. The summed E-state index contributed by atoms with van der Waals surface area (Å²) < 4.78 is 2.01. The maximum atomic E-state index is 4.51. The first kappa shape index (κ1) is 10.7. The molecule has 0 bridgehead atoms. The van der Waals surface area contributed by atoms with Crippen molar-refractivity contribution in [1.82, 2.24) is 14.7 Å². The number of likely N-dealkylation sites (tertiary alicyclic amines) is 1. The van der Waals surface area contributed by atoms with Crippen molar-refractivity contribution in [2.24, 2.45) is 7.05 Å². The second kappa shape index (κ2) is 3.97. The molecule has 15 heavy (non-hydrogen) atoms. The highest BCUT2D eigenvalue weighted by atomic mass is 15.3. The number of aromatic nitrogens is 2. The van der Waals surface area contributed by atoms with E-state index >= 15 is 0 Å². The highest BCUT2D eigenvalue weighted by Gasteiger charge is 2.28. The van der Waals surface area contributed by atoms with Gasteiger partial charge in [-0.15, -0.1) is 0 Å². The molecule has 1 aliphatic heterocycles. The summed E-state index contributed by atoms with van der Waals surface area (Å²) in [6.45, 7) is 8.96. The number of nitrogens with zero attached hydrogens (tertiary/aromatic N) is 3. The molecule has 3 nitrogen and oxygen atoms in total. The summed E-state index contributed by atoms with van der Waals surface area (Å²) in [6.07, 6.45) is 2.62. The Morgan fingerprint density at radius 2 is 2.13 bits per heavy atom. The van der Waals surface area contributed by atoms with Crippen molar-refractivity contribution in [3.63, 3.8) is 0 Å². The average Bonchev–Trinajstić information content (AvgIpc) is 2.73. The standard InChI is InChI=1S/C12H21N3/c1-5-15-8-6-7-11(15)12-9(2)13-14(4)10(12)3/h11H,5-8H2,1-4H3/t11-/m0/s1. The van der Waals surface area contributed by atoms with Gasteiger partial charge in [0.2, 0.25) is 0 Å². The van der Waals surface area contributed by atoms with Crippen LogP contribution in [-0.2, 0) is 7.05 Å². The topological polar surface area (TPSA) is 21.1 Å². The lowest BCUT2D eigenvalue weighted by atomic mass is 10.0. The minimum Gasteiger partial charge on any atom is -0.296 e. The van der Waals surface area contributed by atoms with Crippen LogP contribution in [0.2, 0.25) is 0 Å². The normalized spacial score (nSPS) is 22.5. The van der Waals surface area contributed by atoms with Gasteiger partial charge in [0, 0.05) is 24.3 Å². The first-order chi connectivity index (χ1) is 7.15. The maximum Gasteiger partial charge on any atom is 0.0644 e. The molecular formula is C12H21N3. The van der Waals surface area contributed by atoms with Crippen LogP contribution in [0.4, 0.5) is 0 Å². The fourth-order valence-corrected chi connectivity index (χ4v) is 2.80. The van der Waals surface area contributed by atoms with E-state index in [4.69, 9.17) is 0 Å². The molecule has 2 rings (SSSR count). The van der Waals surface area contributed by atoms with Gasteiger partial charge in [-0.25, -0.2) is 0 Å². The van der Waals surface area contributed by atoms with Crippen LogP contribution in [0.15, 0.2) is 0 Å². The minimum atomic E-state index is 0.615. The molecule has 0 N–H and O–H groups in total. The lowest BCUT2D eigenvalue weighted by Crippen LogP contribution is -2.23. The van der Waals surface area contributed by atoms with Crippen LogP contribution >= 0.6 is 0 Å². The summed E-state index contributed by atoms with van der Waals surface area (Å²) >= 11 is 0. The van der Waals surface area contributed by atoms with Gasteiger partial charge in [0.25, 0.3) is 0 Å². The molecule has 0 spiro atoms. The second-order valence-electron chi connectivity index (χ2n) is 4.49. The van der Waals surface area contributed by atoms with Gasteiger partial charge in [-0.2, -0.15) is 5.10 Å². The number of hydrogen-bond donors (Lipinski definition) is 0. The number of rotatable bonds is 2. The molecule has 1 saturated heterocycles. The zero-order valence-corrected chi connectivity index (χ0v) is 10.2. The van der Waals surface area contributed by atoms with Gasteiger partial charge in [-0.05, 0) is 39.8 Å². The van der Waals surface area contributed by atoms with Gasteiger partial charge in [0.15, 0.2) is 0 Å². The Labute approximate surface area is 92.1 Å². The fourth-order valence-electron chi connectivity index (χ4n) is 2.80. The molecule has 1 fully saturated rings. The van der Waals surface area contributed by atoms with E-state index < -0.39 is 0 Å². The van der Waals surface area contributed by atoms with Gasteiger partial charge in [-0.1, -0.05) is 6.92 Å². The van der Waals surface area contributed by atoms with Gasteiger partial charge in [0.05, 0.1) is 5.69 Å². The Balaban J connectivity index is 2.36. The quantitative estimate of drug-likeness (QED) is 0.741. The summed E-state index contributed by atoms with van der Waals surface area (Å²) in [5.74, 6) is 0. The third-order valence-electron chi connectivity index (χ3n) is 3.67. The largest absolute Gasteiger partial charge is 0.296 e. The van der Waals surface area contributed by atoms with Gasteiger partial charge >= 0.3 is 0 Å². The number of aryl methyl sites for hydroxylation is 2. The molecule has 1 atom stereocenters. The van der Waals surface area contributed by atoms with Crippen LogP contribution in [0, 0.1) is 13.8 Å². The molecule has 0 radical (unpaired) electrons. The summed E-state index contributed by atoms with van der Waals surface area (Å²) in [6, 6.07) is 0.615. The summed E-state index contributed by atoms with van der Waals surface area (Å²) in [5.41, 5.74) is 4.01. The van der Waals surface area contributed by atoms with Crippen molar-refractivity contribution in [2.45, 2.75) is 39.7 Å². The first-order valence-electron chi connectivity index (χ1n) is 5.89. The molecule has 84 valence electrons. The highest BCUT2D eigenvalue weighted by Crippen LogP contribution is 2.34. The van der Waals surface area contributed by atoms with Gasteiger partial charge < -0.3 is 0 Å². The Bertz CT molecular complexity index is 354. The first-order valence-corrected chi connectivity index (χ1v) is 5.89. The molecule has 0 unspecified atom stereocenters. The predicted octanol–water partition coefficient (Wildman–Crippen LogP) is 2.19. The van der Waals surface area contributed by atoms with E-state index in [1.165, 1.54) is 36.3 Å². The van der Waals surface area contributed by atoms with Gasteiger partial charge in [-0.3, -0.25) is 9.58 Å². The van der Waals surface area contributed by atoms with E-state index in [2.05, 4.69) is 30.8 Å². The molecule has 0 aliphatic carbocycles. The Morgan fingerprint density at radius 1 is 1.40 bits per heavy atom. The fraction of sp³-hybridized carbons (Fsp3) is 0.750. The van der Waals surface area contributed by atoms with E-state index in [0.29, 0.717) is 6.04 Å². The third kappa shape index (κ3) is 1.69. The van der Waals surface area contributed by atoms with Crippen molar-refractivity contribution in [3.05, 3.63) is 17.0 Å². The van der Waals surface area contributed by atoms with Crippen molar-refractivity contribution in [2.75, 3.05) is 13.1 Å². The van der Waals surface area contributed by atoms with E-state index in [1.807, 2.05) is 11.7 Å². The van der Waals surface area contributed by atoms with Crippen LogP contribution < -0.4 is 0 Å². The van der Waals surface area contributed by atoms with Crippen LogP contribution in [0.3, 0.4) is 0 Å². The molecule has 0 aromatic carbocycles. The van der Waals surface area contributed by atoms with Crippen LogP contribution in [0.25, 0.3) is 0 Å². The third-order valence-corrected chi connectivity index (χ3v) is 3.67. The lowest BCUT2D eigenvalue weighted by molar-refractivity contribution is 0.270. The molecule has 3 heteroatoms. The summed E-state index contributed by atoms with van der Waals surface area (Å²) in [5, 5.41) is 4.51. The summed E-state index contributed by atoms with van der Waals surface area (Å²) in [7, 11) is 2.04. The SMILES string of the molecule is CCN1CCC[C@H]1c1c(C)nn(C)c1C. The van der Waals surface area contributed by atoms with Crippen molar-refractivity contribution < 1.29 is 0 Å². The lowest BCUT2D eigenvalue weighted by Gasteiger charge is -2.23. The van der Waals surface area contributed by atoms with Crippen molar-refractivity contribution >= 4 is 0 Å². The van der Waals surface area contributed by atoms with E-state index in [0.717, 1.165) is 6.54 Å². The van der Waals surface area contributed by atoms with Crippen molar-refractivity contribution in [3.8, 4) is 0 Å². The minimum absolute atomic E-state index is 0.615. The molecule has 0 saturated carbocycles. The van der Waals surface area contributed by atoms with E-state index in [1.54, 1.807) is 0 Å². The molecule has 0 amide bonds. The number of hydrogen-bond acceptors (Lipinski definition) is 2. The van der Waals surface area contributed by atoms with E-state index in [-0.39, 0.29) is 0 Å². The summed E-state index contributed by atoms with van der Waals surface area (Å²) in [4.78, 5) is 2.57. The molecule has 1 aromatic heterocycles. The Morgan fingerprint density at radius 3 is 2.67 bits per heavy atom. The average molecular weight is 207 g/mol. The Kier molecular flexibility index (Phi) is 2.83. The zero-order chi connectivity index (χ0) is 11.0. The Hall–Kier alpha value is -0.830. The smallest absolute Gasteiger partial charge is 0.0644 e. The van der Waals surface area contributed by atoms with Gasteiger partial charge in [0.1, 0.15) is 0 Å². The highest BCUT2D eigenvalue weighted by molar-refractivity contribution is 5.28.